The topological polar surface area (TPSA) is 50.3 Å². The van der Waals surface area contributed by atoms with E-state index in [-0.39, 0.29) is 17.6 Å². The SMILES string of the molecule is Cc1ccc(-c2cc(C(F)(F)F)c(N[C@H]3C[C@@H]4CN(CC5CCOCC5)C[C@@H]4C3)nn2)c(C)c1. The lowest BCUT2D eigenvalue weighted by atomic mass is 10.00. The standard InChI is InChI=1S/C26H33F3N4O/c1-16-3-4-22(17(2)9-16)24-12-23(26(27,28)29)25(32-31-24)30-21-10-19-14-33(15-20(19)11-21)13-18-5-7-34-8-6-18/h3-4,9,12,18-21H,5-8,10-11,13-15H2,1-2H3,(H,30,32)/t19-,20+,21+. The molecule has 5 rings (SSSR count). The van der Waals surface area contributed by atoms with Crippen molar-refractivity contribution in [3.05, 3.63) is 41.0 Å². The molecule has 0 bridgehead atoms. The number of hydrogen-bond donors (Lipinski definition) is 1. The highest BCUT2D eigenvalue weighted by molar-refractivity contribution is 5.66. The summed E-state index contributed by atoms with van der Waals surface area (Å²) in [5.74, 6) is 1.63. The molecule has 1 N–H and O–H groups in total. The number of halogens is 3. The summed E-state index contributed by atoms with van der Waals surface area (Å²) in [5.41, 5.74) is 2.13. The minimum absolute atomic E-state index is 0.00240. The summed E-state index contributed by atoms with van der Waals surface area (Å²) in [7, 11) is 0. The third-order valence-corrected chi connectivity index (χ3v) is 7.78. The Hall–Kier alpha value is -2.19. The molecule has 1 aliphatic carbocycles. The first-order valence-corrected chi connectivity index (χ1v) is 12.4. The van der Waals surface area contributed by atoms with E-state index in [0.717, 1.165) is 75.7 Å². The summed E-state index contributed by atoms with van der Waals surface area (Å²) in [6.45, 7) is 8.78. The highest BCUT2D eigenvalue weighted by Gasteiger charge is 2.43. The van der Waals surface area contributed by atoms with Gasteiger partial charge in [-0.25, -0.2) is 0 Å². The lowest BCUT2D eigenvalue weighted by Gasteiger charge is -2.28. The fourth-order valence-corrected chi connectivity index (χ4v) is 6.10. The van der Waals surface area contributed by atoms with Gasteiger partial charge in [0.2, 0.25) is 0 Å². The van der Waals surface area contributed by atoms with Crippen molar-refractivity contribution in [3.8, 4) is 11.3 Å². The van der Waals surface area contributed by atoms with Crippen molar-refractivity contribution < 1.29 is 17.9 Å². The Morgan fingerprint density at radius 3 is 2.38 bits per heavy atom. The molecule has 1 aromatic carbocycles. The van der Waals surface area contributed by atoms with Crippen LogP contribution < -0.4 is 5.32 Å². The van der Waals surface area contributed by atoms with Crippen LogP contribution in [0.5, 0.6) is 0 Å². The van der Waals surface area contributed by atoms with Gasteiger partial charge in [0.15, 0.2) is 5.82 Å². The Morgan fingerprint density at radius 1 is 1.03 bits per heavy atom. The van der Waals surface area contributed by atoms with E-state index in [0.29, 0.717) is 23.3 Å². The van der Waals surface area contributed by atoms with Crippen LogP contribution in [0.1, 0.15) is 42.4 Å². The molecule has 0 amide bonds. The first-order valence-electron chi connectivity index (χ1n) is 12.4. The van der Waals surface area contributed by atoms with Crippen LogP contribution in [0.3, 0.4) is 0 Å². The number of ether oxygens (including phenoxy) is 1. The second-order valence-corrected chi connectivity index (χ2v) is 10.4. The minimum Gasteiger partial charge on any atom is -0.381 e. The van der Waals surface area contributed by atoms with E-state index in [4.69, 9.17) is 4.74 Å². The molecule has 0 radical (unpaired) electrons. The average Bonchev–Trinajstić information content (AvgIpc) is 3.32. The van der Waals surface area contributed by atoms with E-state index in [9.17, 15) is 13.2 Å². The Labute approximate surface area is 199 Å². The molecular formula is C26H33F3N4O. The van der Waals surface area contributed by atoms with Crippen LogP contribution >= 0.6 is 0 Å². The highest BCUT2D eigenvalue weighted by Crippen LogP contribution is 2.42. The van der Waals surface area contributed by atoms with Gasteiger partial charge in [-0.15, -0.1) is 10.2 Å². The van der Waals surface area contributed by atoms with E-state index in [1.807, 2.05) is 32.0 Å². The number of hydrogen-bond acceptors (Lipinski definition) is 5. The van der Waals surface area contributed by atoms with Crippen molar-refractivity contribution >= 4 is 5.82 Å². The molecule has 34 heavy (non-hydrogen) atoms. The summed E-state index contributed by atoms with van der Waals surface area (Å²) in [6.07, 6.45) is -0.472. The predicted octanol–water partition coefficient (Wildman–Crippen LogP) is 5.33. The molecule has 3 fully saturated rings. The molecule has 1 saturated carbocycles. The monoisotopic (exact) mass is 474 g/mol. The molecule has 0 spiro atoms. The second-order valence-electron chi connectivity index (χ2n) is 10.4. The van der Waals surface area contributed by atoms with Crippen LogP contribution in [-0.2, 0) is 10.9 Å². The number of aryl methyl sites for hydroxylation is 2. The molecule has 0 unspecified atom stereocenters. The fourth-order valence-electron chi connectivity index (χ4n) is 6.10. The van der Waals surface area contributed by atoms with Gasteiger partial charge in [0.05, 0.1) is 5.69 Å². The maximum atomic E-state index is 14.0. The molecule has 1 aromatic heterocycles. The molecule has 3 heterocycles. The quantitative estimate of drug-likeness (QED) is 0.635. The third-order valence-electron chi connectivity index (χ3n) is 7.78. The number of likely N-dealkylation sites (tertiary alicyclic amines) is 1. The number of rotatable bonds is 5. The molecular weight excluding hydrogens is 441 g/mol. The van der Waals surface area contributed by atoms with Crippen LogP contribution in [0.4, 0.5) is 19.0 Å². The fraction of sp³-hybridized carbons (Fsp3) is 0.615. The van der Waals surface area contributed by atoms with Crippen LogP contribution in [-0.4, -0.2) is 54.0 Å². The van der Waals surface area contributed by atoms with Crippen LogP contribution in [0, 0.1) is 31.6 Å². The van der Waals surface area contributed by atoms with Crippen molar-refractivity contribution in [1.82, 2.24) is 15.1 Å². The van der Waals surface area contributed by atoms with Gasteiger partial charge >= 0.3 is 6.18 Å². The van der Waals surface area contributed by atoms with Crippen molar-refractivity contribution in [1.29, 1.82) is 0 Å². The summed E-state index contributed by atoms with van der Waals surface area (Å²) in [5, 5.41) is 11.3. The van der Waals surface area contributed by atoms with Gasteiger partial charge in [-0.1, -0.05) is 23.8 Å². The number of anilines is 1. The number of alkyl halides is 3. The van der Waals surface area contributed by atoms with Gasteiger partial charge < -0.3 is 15.0 Å². The Morgan fingerprint density at radius 2 is 1.74 bits per heavy atom. The summed E-state index contributed by atoms with van der Waals surface area (Å²) >= 11 is 0. The zero-order valence-corrected chi connectivity index (χ0v) is 19.9. The number of fused-ring (bicyclic) bond motifs is 1. The van der Waals surface area contributed by atoms with E-state index in [1.54, 1.807) is 0 Å². The van der Waals surface area contributed by atoms with Gasteiger partial charge in [-0.05, 0) is 68.9 Å². The lowest BCUT2D eigenvalue weighted by molar-refractivity contribution is -0.137. The van der Waals surface area contributed by atoms with E-state index < -0.39 is 11.7 Å². The maximum Gasteiger partial charge on any atom is 0.420 e. The van der Waals surface area contributed by atoms with Gasteiger partial charge in [-0.2, -0.15) is 13.2 Å². The minimum atomic E-state index is -4.50. The zero-order valence-electron chi connectivity index (χ0n) is 19.9. The second kappa shape index (κ2) is 9.46. The van der Waals surface area contributed by atoms with Crippen LogP contribution in [0.15, 0.2) is 24.3 Å². The third kappa shape index (κ3) is 5.08. The molecule has 3 atom stereocenters. The Bertz CT molecular complexity index is 1010. The van der Waals surface area contributed by atoms with E-state index in [2.05, 4.69) is 20.4 Å². The van der Waals surface area contributed by atoms with Gasteiger partial charge in [-0.3, -0.25) is 0 Å². The molecule has 2 saturated heterocycles. The van der Waals surface area contributed by atoms with Gasteiger partial charge in [0, 0.05) is 44.5 Å². The lowest BCUT2D eigenvalue weighted by Crippen LogP contribution is -2.32. The Kier molecular flexibility index (Phi) is 6.55. The van der Waals surface area contributed by atoms with Crippen molar-refractivity contribution in [2.45, 2.75) is 51.7 Å². The first-order chi connectivity index (χ1) is 16.3. The molecule has 8 heteroatoms. The number of aromatic nitrogens is 2. The normalized spacial score (nSPS) is 26.1. The van der Waals surface area contributed by atoms with Crippen molar-refractivity contribution in [2.75, 3.05) is 38.2 Å². The van der Waals surface area contributed by atoms with Crippen LogP contribution in [0.2, 0.25) is 0 Å². The molecule has 3 aliphatic rings. The zero-order chi connectivity index (χ0) is 23.9. The number of nitrogens with zero attached hydrogens (tertiary/aromatic N) is 3. The predicted molar refractivity (Wildman–Crippen MR) is 126 cm³/mol. The van der Waals surface area contributed by atoms with Gasteiger partial charge in [0.25, 0.3) is 0 Å². The Balaban J connectivity index is 1.26. The molecule has 184 valence electrons. The van der Waals surface area contributed by atoms with E-state index in [1.165, 1.54) is 0 Å². The van der Waals surface area contributed by atoms with Crippen molar-refractivity contribution in [3.63, 3.8) is 0 Å². The first kappa shape index (κ1) is 23.5. The van der Waals surface area contributed by atoms with Crippen LogP contribution in [0.25, 0.3) is 11.3 Å². The number of nitrogens with one attached hydrogen (secondary N) is 1. The molecule has 2 aromatic rings. The molecule has 5 nitrogen and oxygen atoms in total. The largest absolute Gasteiger partial charge is 0.420 e. The van der Waals surface area contributed by atoms with E-state index >= 15 is 0 Å². The number of benzene rings is 1. The van der Waals surface area contributed by atoms with Crippen molar-refractivity contribution in [2.24, 2.45) is 17.8 Å². The smallest absolute Gasteiger partial charge is 0.381 e. The van der Waals surface area contributed by atoms with Gasteiger partial charge in [0.1, 0.15) is 5.56 Å². The summed E-state index contributed by atoms with van der Waals surface area (Å²) in [4.78, 5) is 2.56. The summed E-state index contributed by atoms with van der Waals surface area (Å²) in [6, 6.07) is 6.78. The average molecular weight is 475 g/mol. The maximum absolute atomic E-state index is 14.0. The molecule has 2 aliphatic heterocycles. The summed E-state index contributed by atoms with van der Waals surface area (Å²) < 4.78 is 47.4. The highest BCUT2D eigenvalue weighted by atomic mass is 19.4.